The molecule has 8 nitrogen and oxygen atoms in total. The van der Waals surface area contributed by atoms with Crippen molar-refractivity contribution in [1.29, 1.82) is 0 Å². The number of aliphatic hydroxyl groups is 1. The molecule has 4 amide bonds. The zero-order valence-electron chi connectivity index (χ0n) is 14.2. The van der Waals surface area contributed by atoms with Crippen LogP contribution in [0, 0.1) is 5.92 Å². The van der Waals surface area contributed by atoms with E-state index in [1.165, 1.54) is 4.90 Å². The number of hydrogen-bond donors (Lipinski definition) is 3. The van der Waals surface area contributed by atoms with Gasteiger partial charge in [-0.1, -0.05) is 6.07 Å². The quantitative estimate of drug-likeness (QED) is 0.647. The average Bonchev–Trinajstić information content (AvgIpc) is 3.15. The van der Waals surface area contributed by atoms with Gasteiger partial charge in [-0.3, -0.25) is 14.9 Å². The van der Waals surface area contributed by atoms with Crippen LogP contribution in [0.4, 0.5) is 4.79 Å². The molecule has 2 aliphatic heterocycles. The number of nitrogens with one attached hydrogen (secondary N) is 2. The number of rotatable bonds is 5. The molecule has 0 bridgehead atoms. The summed E-state index contributed by atoms with van der Waals surface area (Å²) in [6, 6.07) is 5.11. The average molecular weight is 359 g/mol. The summed E-state index contributed by atoms with van der Waals surface area (Å²) in [5, 5.41) is 14.8. The molecule has 26 heavy (non-hydrogen) atoms. The van der Waals surface area contributed by atoms with E-state index >= 15 is 0 Å². The second kappa shape index (κ2) is 6.60. The number of imide groups is 1. The Morgan fingerprint density at radius 1 is 1.38 bits per heavy atom. The first kappa shape index (κ1) is 16.8. The Morgan fingerprint density at radius 3 is 2.88 bits per heavy atom. The SMILES string of the molecule is O=C1CN(CC(=O)N[C@@H](c2ccc3c(c2)CCO3)C2CC(O)C2)C(=O)N1. The zero-order valence-corrected chi connectivity index (χ0v) is 14.2. The van der Waals surface area contributed by atoms with E-state index in [4.69, 9.17) is 4.74 Å². The number of carbonyl (C=O) groups is 3. The second-order valence-electron chi connectivity index (χ2n) is 7.11. The van der Waals surface area contributed by atoms with Crippen LogP contribution in [0.3, 0.4) is 0 Å². The van der Waals surface area contributed by atoms with Gasteiger partial charge in [-0.2, -0.15) is 0 Å². The lowest BCUT2D eigenvalue weighted by Crippen LogP contribution is -2.45. The molecule has 0 unspecified atom stereocenters. The molecule has 138 valence electrons. The predicted molar refractivity (Wildman–Crippen MR) is 90.4 cm³/mol. The van der Waals surface area contributed by atoms with Gasteiger partial charge in [0.1, 0.15) is 18.8 Å². The van der Waals surface area contributed by atoms with Gasteiger partial charge in [-0.15, -0.1) is 0 Å². The van der Waals surface area contributed by atoms with Crippen LogP contribution in [0.1, 0.15) is 30.0 Å². The molecule has 0 spiro atoms. The highest BCUT2D eigenvalue weighted by molar-refractivity contribution is 6.03. The highest BCUT2D eigenvalue weighted by Gasteiger charge is 2.37. The van der Waals surface area contributed by atoms with Crippen LogP contribution < -0.4 is 15.4 Å². The van der Waals surface area contributed by atoms with E-state index in [0.29, 0.717) is 19.4 Å². The van der Waals surface area contributed by atoms with Crippen LogP contribution in [0.2, 0.25) is 0 Å². The van der Waals surface area contributed by atoms with Gasteiger partial charge < -0.3 is 20.1 Å². The third-order valence-electron chi connectivity index (χ3n) is 5.21. The summed E-state index contributed by atoms with van der Waals surface area (Å²) in [5.74, 6) is 0.293. The highest BCUT2D eigenvalue weighted by Crippen LogP contribution is 2.39. The Balaban J connectivity index is 1.48. The standard InChI is InChI=1S/C18H21N3O5/c22-13-6-12(7-13)17(11-1-2-14-10(5-11)3-4-26-14)19-15(23)8-21-9-16(24)20-18(21)25/h1-2,5,12-13,17,22H,3-4,6-9H2,(H,19,23)(H,20,24,25)/t12?,13?,17-/m0/s1. The number of nitrogens with zero attached hydrogens (tertiary/aromatic N) is 1. The lowest BCUT2D eigenvalue weighted by atomic mass is 9.75. The van der Waals surface area contributed by atoms with Gasteiger partial charge in [-0.25, -0.2) is 4.79 Å². The number of amides is 4. The summed E-state index contributed by atoms with van der Waals surface area (Å²) < 4.78 is 5.53. The first-order valence-corrected chi connectivity index (χ1v) is 8.81. The lowest BCUT2D eigenvalue weighted by molar-refractivity contribution is -0.123. The summed E-state index contributed by atoms with van der Waals surface area (Å²) >= 11 is 0. The number of urea groups is 1. The molecule has 1 aromatic carbocycles. The van der Waals surface area contributed by atoms with Gasteiger partial charge in [0.05, 0.1) is 18.8 Å². The van der Waals surface area contributed by atoms with Crippen molar-refractivity contribution in [3.63, 3.8) is 0 Å². The van der Waals surface area contributed by atoms with Crippen LogP contribution in [0.15, 0.2) is 18.2 Å². The molecule has 1 aromatic rings. The number of hydrogen-bond acceptors (Lipinski definition) is 5. The summed E-state index contributed by atoms with van der Waals surface area (Å²) in [7, 11) is 0. The van der Waals surface area contributed by atoms with Crippen molar-refractivity contribution in [3.05, 3.63) is 29.3 Å². The first-order valence-electron chi connectivity index (χ1n) is 8.81. The Labute approximate surface area is 150 Å². The van der Waals surface area contributed by atoms with E-state index < -0.39 is 11.9 Å². The fourth-order valence-corrected chi connectivity index (χ4v) is 3.78. The predicted octanol–water partition coefficient (Wildman–Crippen LogP) is 0.102. The molecule has 1 atom stereocenters. The molecule has 0 aromatic heterocycles. The third kappa shape index (κ3) is 3.24. The van der Waals surface area contributed by atoms with Crippen molar-refractivity contribution in [2.45, 2.75) is 31.4 Å². The van der Waals surface area contributed by atoms with Crippen molar-refractivity contribution in [3.8, 4) is 5.75 Å². The second-order valence-corrected chi connectivity index (χ2v) is 7.11. The molecule has 3 aliphatic rings. The number of carbonyl (C=O) groups excluding carboxylic acids is 3. The smallest absolute Gasteiger partial charge is 0.325 e. The first-order chi connectivity index (χ1) is 12.5. The van der Waals surface area contributed by atoms with E-state index in [1.54, 1.807) is 0 Å². The van der Waals surface area contributed by atoms with E-state index in [0.717, 1.165) is 23.3 Å². The van der Waals surface area contributed by atoms with E-state index in [2.05, 4.69) is 10.6 Å². The minimum Gasteiger partial charge on any atom is -0.493 e. The largest absolute Gasteiger partial charge is 0.493 e. The number of aliphatic hydroxyl groups excluding tert-OH is 1. The van der Waals surface area contributed by atoms with Gasteiger partial charge >= 0.3 is 6.03 Å². The molecule has 2 fully saturated rings. The maximum atomic E-state index is 12.5. The van der Waals surface area contributed by atoms with Gasteiger partial charge in [0.25, 0.3) is 0 Å². The highest BCUT2D eigenvalue weighted by atomic mass is 16.5. The molecule has 2 heterocycles. The van der Waals surface area contributed by atoms with Crippen LogP contribution in [0.25, 0.3) is 0 Å². The Kier molecular flexibility index (Phi) is 4.28. The molecular weight excluding hydrogens is 338 g/mol. The number of benzene rings is 1. The van der Waals surface area contributed by atoms with Crippen LogP contribution in [-0.2, 0) is 16.0 Å². The Hall–Kier alpha value is -2.61. The maximum Gasteiger partial charge on any atom is 0.325 e. The third-order valence-corrected chi connectivity index (χ3v) is 5.21. The van der Waals surface area contributed by atoms with Crippen LogP contribution in [0.5, 0.6) is 5.75 Å². The Bertz CT molecular complexity index is 759. The van der Waals surface area contributed by atoms with Gasteiger partial charge in [-0.05, 0) is 42.0 Å². The van der Waals surface area contributed by atoms with Crippen molar-refractivity contribution >= 4 is 17.8 Å². The van der Waals surface area contributed by atoms with E-state index in [-0.39, 0.29) is 37.1 Å². The molecule has 8 heteroatoms. The molecule has 1 saturated heterocycles. The number of fused-ring (bicyclic) bond motifs is 1. The normalized spacial score (nSPS) is 25.2. The minimum absolute atomic E-state index is 0.102. The van der Waals surface area contributed by atoms with Crippen molar-refractivity contribution in [2.75, 3.05) is 19.7 Å². The van der Waals surface area contributed by atoms with Crippen LogP contribution >= 0.6 is 0 Å². The monoisotopic (exact) mass is 359 g/mol. The minimum atomic E-state index is -0.546. The summed E-state index contributed by atoms with van der Waals surface area (Å²) in [6.07, 6.45) is 1.76. The van der Waals surface area contributed by atoms with E-state index in [9.17, 15) is 19.5 Å². The van der Waals surface area contributed by atoms with Gasteiger partial charge in [0.2, 0.25) is 11.8 Å². The molecule has 3 N–H and O–H groups in total. The summed E-state index contributed by atoms with van der Waals surface area (Å²) in [6.45, 7) is 0.392. The fraction of sp³-hybridized carbons (Fsp3) is 0.500. The summed E-state index contributed by atoms with van der Waals surface area (Å²) in [5.41, 5.74) is 2.09. The van der Waals surface area contributed by atoms with E-state index in [1.807, 2.05) is 18.2 Å². The van der Waals surface area contributed by atoms with Crippen molar-refractivity contribution in [2.24, 2.45) is 5.92 Å². The molecule has 0 radical (unpaired) electrons. The Morgan fingerprint density at radius 2 is 2.19 bits per heavy atom. The van der Waals surface area contributed by atoms with Crippen molar-refractivity contribution < 1.29 is 24.2 Å². The van der Waals surface area contributed by atoms with Gasteiger partial charge in [0, 0.05) is 6.42 Å². The fourth-order valence-electron chi connectivity index (χ4n) is 3.78. The zero-order chi connectivity index (χ0) is 18.3. The van der Waals surface area contributed by atoms with Gasteiger partial charge in [0.15, 0.2) is 0 Å². The summed E-state index contributed by atoms with van der Waals surface area (Å²) in [4.78, 5) is 36.5. The lowest BCUT2D eigenvalue weighted by Gasteiger charge is -2.38. The van der Waals surface area contributed by atoms with Crippen molar-refractivity contribution in [1.82, 2.24) is 15.5 Å². The molecule has 4 rings (SSSR count). The molecule has 1 saturated carbocycles. The topological polar surface area (TPSA) is 108 Å². The molecular formula is C18H21N3O5. The number of ether oxygens (including phenoxy) is 1. The maximum absolute atomic E-state index is 12.5. The van der Waals surface area contributed by atoms with Crippen LogP contribution in [-0.4, -0.2) is 53.7 Å². The molecule has 1 aliphatic carbocycles.